The first-order valence-corrected chi connectivity index (χ1v) is 6.04. The molecule has 18 heavy (non-hydrogen) atoms. The number of hydrogen-bond acceptors (Lipinski definition) is 4. The number of amides is 1. The molecule has 0 saturated heterocycles. The molecule has 2 rings (SSSR count). The number of carbonyl (C=O) groups excluding carboxylic acids is 1. The summed E-state index contributed by atoms with van der Waals surface area (Å²) in [7, 11) is 0. The summed E-state index contributed by atoms with van der Waals surface area (Å²) in [5.74, 6) is -0.0711. The van der Waals surface area contributed by atoms with Gasteiger partial charge in [0.1, 0.15) is 5.54 Å². The molecule has 5 heteroatoms. The van der Waals surface area contributed by atoms with Crippen LogP contribution in [0.5, 0.6) is 0 Å². The number of hydrogen-bond donors (Lipinski definition) is 2. The van der Waals surface area contributed by atoms with Crippen molar-refractivity contribution in [3.8, 4) is 6.07 Å². The molecular weight excluding hydrogens is 228 g/mol. The van der Waals surface area contributed by atoms with Crippen molar-refractivity contribution < 1.29 is 4.79 Å². The summed E-state index contributed by atoms with van der Waals surface area (Å²) in [5.41, 5.74) is 5.83. The third-order valence-corrected chi connectivity index (χ3v) is 3.40. The summed E-state index contributed by atoms with van der Waals surface area (Å²) in [6.07, 6.45) is 5.75. The maximum absolute atomic E-state index is 12.0. The lowest BCUT2D eigenvalue weighted by Crippen LogP contribution is -2.43. The first-order valence-electron chi connectivity index (χ1n) is 6.04. The molecule has 0 radical (unpaired) electrons. The fourth-order valence-corrected chi connectivity index (χ4v) is 2.19. The Morgan fingerprint density at radius 3 is 2.83 bits per heavy atom. The van der Waals surface area contributed by atoms with E-state index in [2.05, 4.69) is 16.4 Å². The molecular formula is C13H16N4O. The summed E-state index contributed by atoms with van der Waals surface area (Å²) in [6.45, 7) is 0. The van der Waals surface area contributed by atoms with Crippen LogP contribution in [0.1, 0.15) is 25.7 Å². The number of nitrogens with one attached hydrogen (secondary N) is 1. The van der Waals surface area contributed by atoms with Crippen LogP contribution in [0.4, 0.5) is 5.69 Å². The van der Waals surface area contributed by atoms with Gasteiger partial charge in [-0.3, -0.25) is 9.78 Å². The molecule has 1 fully saturated rings. The van der Waals surface area contributed by atoms with E-state index in [1.807, 2.05) is 0 Å². The molecule has 3 N–H and O–H groups in total. The van der Waals surface area contributed by atoms with Gasteiger partial charge in [-0.25, -0.2) is 0 Å². The third kappa shape index (κ3) is 2.84. The molecule has 0 spiro atoms. The van der Waals surface area contributed by atoms with Crippen LogP contribution in [0.3, 0.4) is 0 Å². The number of nitrogens with zero attached hydrogens (tertiary/aromatic N) is 2. The molecule has 0 unspecified atom stereocenters. The van der Waals surface area contributed by atoms with Crippen LogP contribution >= 0.6 is 0 Å². The lowest BCUT2D eigenvalue weighted by atomic mass is 9.77. The fraction of sp³-hybridized carbons (Fsp3) is 0.462. The topological polar surface area (TPSA) is 91.8 Å². The molecule has 5 nitrogen and oxygen atoms in total. The van der Waals surface area contributed by atoms with E-state index in [0.29, 0.717) is 31.4 Å². The maximum atomic E-state index is 12.0. The number of anilines is 1. The fourth-order valence-electron chi connectivity index (χ4n) is 2.19. The molecule has 0 aliphatic heterocycles. The molecule has 94 valence electrons. The smallest absolute Gasteiger partial charge is 0.227 e. The average Bonchev–Trinajstić information content (AvgIpc) is 2.40. The lowest BCUT2D eigenvalue weighted by Gasteiger charge is -2.30. The highest BCUT2D eigenvalue weighted by molar-refractivity contribution is 5.92. The van der Waals surface area contributed by atoms with Crippen molar-refractivity contribution in [3.63, 3.8) is 0 Å². The van der Waals surface area contributed by atoms with Gasteiger partial charge in [0.15, 0.2) is 0 Å². The Kier molecular flexibility index (Phi) is 3.58. The van der Waals surface area contributed by atoms with E-state index in [1.165, 1.54) is 0 Å². The lowest BCUT2D eigenvalue weighted by molar-refractivity contribution is -0.121. The Morgan fingerprint density at radius 1 is 1.56 bits per heavy atom. The number of rotatable bonds is 2. The van der Waals surface area contributed by atoms with Gasteiger partial charge in [0.05, 0.1) is 18.0 Å². The number of nitrogens with two attached hydrogens (primary N) is 1. The van der Waals surface area contributed by atoms with Crippen LogP contribution in [-0.2, 0) is 4.79 Å². The Morgan fingerprint density at radius 2 is 2.28 bits per heavy atom. The van der Waals surface area contributed by atoms with E-state index in [0.717, 1.165) is 0 Å². The van der Waals surface area contributed by atoms with Crippen molar-refractivity contribution in [2.24, 2.45) is 11.7 Å². The van der Waals surface area contributed by atoms with Crippen molar-refractivity contribution in [3.05, 3.63) is 24.5 Å². The average molecular weight is 244 g/mol. The van der Waals surface area contributed by atoms with Crippen molar-refractivity contribution in [2.75, 3.05) is 5.32 Å². The summed E-state index contributed by atoms with van der Waals surface area (Å²) in [5, 5.41) is 11.8. The SMILES string of the molecule is N#CC1(N)CCC(C(=O)Nc2cccnc2)CC1. The highest BCUT2D eigenvalue weighted by atomic mass is 16.1. The molecule has 1 aliphatic carbocycles. The second kappa shape index (κ2) is 5.15. The molecule has 0 atom stereocenters. The molecule has 1 saturated carbocycles. The number of aromatic nitrogens is 1. The van der Waals surface area contributed by atoms with Crippen LogP contribution in [0.2, 0.25) is 0 Å². The number of carbonyl (C=O) groups is 1. The zero-order chi connectivity index (χ0) is 13.0. The minimum Gasteiger partial charge on any atom is -0.324 e. The molecule has 1 heterocycles. The molecule has 1 amide bonds. The summed E-state index contributed by atoms with van der Waals surface area (Å²) in [4.78, 5) is 15.9. The minimum atomic E-state index is -0.745. The first-order chi connectivity index (χ1) is 8.63. The highest BCUT2D eigenvalue weighted by Gasteiger charge is 2.34. The Balaban J connectivity index is 1.91. The van der Waals surface area contributed by atoms with Gasteiger partial charge in [-0.05, 0) is 37.8 Å². The number of pyridine rings is 1. The van der Waals surface area contributed by atoms with E-state index in [-0.39, 0.29) is 11.8 Å². The Hall–Kier alpha value is -1.93. The normalized spacial score (nSPS) is 27.2. The van der Waals surface area contributed by atoms with Crippen LogP contribution in [-0.4, -0.2) is 16.4 Å². The molecule has 0 bridgehead atoms. The van der Waals surface area contributed by atoms with Crippen LogP contribution < -0.4 is 11.1 Å². The summed E-state index contributed by atoms with van der Waals surface area (Å²) in [6, 6.07) is 5.70. The summed E-state index contributed by atoms with van der Waals surface area (Å²) >= 11 is 0. The van der Waals surface area contributed by atoms with E-state index < -0.39 is 5.54 Å². The molecule has 1 aromatic heterocycles. The van der Waals surface area contributed by atoms with Crippen LogP contribution in [0, 0.1) is 17.2 Å². The third-order valence-electron chi connectivity index (χ3n) is 3.40. The Labute approximate surface area is 106 Å². The van der Waals surface area contributed by atoms with Crippen molar-refractivity contribution in [1.82, 2.24) is 4.98 Å². The number of nitriles is 1. The van der Waals surface area contributed by atoms with Gasteiger partial charge < -0.3 is 11.1 Å². The van der Waals surface area contributed by atoms with Crippen molar-refractivity contribution >= 4 is 11.6 Å². The van der Waals surface area contributed by atoms with Gasteiger partial charge in [-0.1, -0.05) is 0 Å². The standard InChI is InChI=1S/C13H16N4O/c14-9-13(15)5-3-10(4-6-13)12(18)17-11-2-1-7-16-8-11/h1-2,7-8,10H,3-6,15H2,(H,17,18). The molecule has 1 aromatic rings. The molecule has 0 aromatic carbocycles. The quantitative estimate of drug-likeness (QED) is 0.823. The van der Waals surface area contributed by atoms with Gasteiger partial charge in [0.25, 0.3) is 0 Å². The predicted molar refractivity (Wildman–Crippen MR) is 67.4 cm³/mol. The minimum absolute atomic E-state index is 0.0111. The van der Waals surface area contributed by atoms with E-state index in [4.69, 9.17) is 11.0 Å². The van der Waals surface area contributed by atoms with E-state index in [1.54, 1.807) is 24.5 Å². The monoisotopic (exact) mass is 244 g/mol. The van der Waals surface area contributed by atoms with Gasteiger partial charge in [-0.2, -0.15) is 5.26 Å². The maximum Gasteiger partial charge on any atom is 0.227 e. The van der Waals surface area contributed by atoms with Gasteiger partial charge >= 0.3 is 0 Å². The van der Waals surface area contributed by atoms with Crippen molar-refractivity contribution in [2.45, 2.75) is 31.2 Å². The van der Waals surface area contributed by atoms with E-state index in [9.17, 15) is 4.79 Å². The predicted octanol–water partition coefficient (Wildman–Crippen LogP) is 1.43. The van der Waals surface area contributed by atoms with E-state index >= 15 is 0 Å². The van der Waals surface area contributed by atoms with Gasteiger partial charge in [-0.15, -0.1) is 0 Å². The van der Waals surface area contributed by atoms with Crippen LogP contribution in [0.25, 0.3) is 0 Å². The highest BCUT2D eigenvalue weighted by Crippen LogP contribution is 2.30. The zero-order valence-electron chi connectivity index (χ0n) is 10.1. The van der Waals surface area contributed by atoms with Gasteiger partial charge in [0.2, 0.25) is 5.91 Å². The summed E-state index contributed by atoms with van der Waals surface area (Å²) < 4.78 is 0. The first kappa shape index (κ1) is 12.5. The Bertz CT molecular complexity index is 458. The second-order valence-electron chi connectivity index (χ2n) is 4.77. The largest absolute Gasteiger partial charge is 0.324 e. The van der Waals surface area contributed by atoms with Crippen molar-refractivity contribution in [1.29, 1.82) is 5.26 Å². The van der Waals surface area contributed by atoms with Crippen LogP contribution in [0.15, 0.2) is 24.5 Å². The molecule has 1 aliphatic rings. The van der Waals surface area contributed by atoms with Gasteiger partial charge in [0, 0.05) is 12.1 Å². The second-order valence-corrected chi connectivity index (χ2v) is 4.77. The zero-order valence-corrected chi connectivity index (χ0v) is 10.1.